The number of ether oxygens (including phenoxy) is 2. The van der Waals surface area contributed by atoms with Gasteiger partial charge in [0.2, 0.25) is 5.72 Å². The van der Waals surface area contributed by atoms with Crippen LogP contribution in [0, 0.1) is 16.0 Å². The van der Waals surface area contributed by atoms with Gasteiger partial charge >= 0.3 is 5.97 Å². The van der Waals surface area contributed by atoms with Gasteiger partial charge in [-0.3, -0.25) is 24.3 Å². The Bertz CT molecular complexity index is 1510. The van der Waals surface area contributed by atoms with E-state index in [4.69, 9.17) is 9.47 Å². The summed E-state index contributed by atoms with van der Waals surface area (Å²) in [5.41, 5.74) is -1.19. The van der Waals surface area contributed by atoms with E-state index in [1.165, 1.54) is 36.0 Å². The number of aromatic nitrogens is 1. The lowest BCUT2D eigenvalue weighted by molar-refractivity contribution is -0.384. The van der Waals surface area contributed by atoms with Crippen LogP contribution in [-0.4, -0.2) is 33.4 Å². The maximum absolute atomic E-state index is 13.5. The van der Waals surface area contributed by atoms with Gasteiger partial charge in [-0.15, -0.1) is 0 Å². The number of hydrogen-bond donors (Lipinski definition) is 1. The zero-order valence-corrected chi connectivity index (χ0v) is 18.2. The van der Waals surface area contributed by atoms with Gasteiger partial charge in [0, 0.05) is 23.3 Å². The number of benzene rings is 2. The van der Waals surface area contributed by atoms with E-state index >= 15 is 0 Å². The van der Waals surface area contributed by atoms with Crippen LogP contribution >= 0.6 is 11.3 Å². The smallest absolute Gasteiger partial charge is 0.317 e. The molecule has 0 spiro atoms. The molecule has 2 aliphatic heterocycles. The number of esters is 1. The normalized spacial score (nSPS) is 23.0. The summed E-state index contributed by atoms with van der Waals surface area (Å²) in [5.74, 6) is -1.16. The van der Waals surface area contributed by atoms with Crippen molar-refractivity contribution in [3.05, 3.63) is 83.4 Å². The first-order chi connectivity index (χ1) is 15.7. The highest BCUT2D eigenvalue weighted by Gasteiger charge is 2.55. The fraction of sp³-hybridized carbons (Fsp3) is 0.227. The molecule has 0 saturated heterocycles. The molecule has 2 aliphatic rings. The Morgan fingerprint density at radius 2 is 2.12 bits per heavy atom. The fourth-order valence-corrected chi connectivity index (χ4v) is 5.43. The molecule has 2 bridgehead atoms. The van der Waals surface area contributed by atoms with E-state index in [1.54, 1.807) is 31.2 Å². The second kappa shape index (κ2) is 7.27. The monoisotopic (exact) mass is 467 g/mol. The summed E-state index contributed by atoms with van der Waals surface area (Å²) >= 11 is 1.05. The number of phenolic OH excluding ortho intramolecular Hbond substituents is 1. The number of aromatic hydroxyl groups is 1. The average Bonchev–Trinajstić information content (AvgIpc) is 3.07. The van der Waals surface area contributed by atoms with Gasteiger partial charge in [-0.05, 0) is 25.1 Å². The van der Waals surface area contributed by atoms with E-state index in [2.05, 4.69) is 4.99 Å². The fourth-order valence-electron chi connectivity index (χ4n) is 4.34. The number of rotatable bonds is 3. The molecule has 2 aromatic carbocycles. The van der Waals surface area contributed by atoms with E-state index in [0.717, 1.165) is 11.3 Å². The van der Waals surface area contributed by atoms with E-state index in [9.17, 15) is 24.8 Å². The van der Waals surface area contributed by atoms with Gasteiger partial charge in [0.25, 0.3) is 11.2 Å². The van der Waals surface area contributed by atoms with Gasteiger partial charge in [0.05, 0.1) is 22.6 Å². The predicted octanol–water partition coefficient (Wildman–Crippen LogP) is 1.47. The Hall–Kier alpha value is -3.99. The van der Waals surface area contributed by atoms with Gasteiger partial charge in [0.1, 0.15) is 17.4 Å². The first-order valence-corrected chi connectivity index (χ1v) is 10.7. The molecule has 5 rings (SSSR count). The summed E-state index contributed by atoms with van der Waals surface area (Å²) in [7, 11) is 1.27. The number of nitrogens with zero attached hydrogens (tertiary/aromatic N) is 3. The van der Waals surface area contributed by atoms with E-state index in [0.29, 0.717) is 16.1 Å². The van der Waals surface area contributed by atoms with Crippen molar-refractivity contribution in [1.29, 1.82) is 0 Å². The van der Waals surface area contributed by atoms with Crippen LogP contribution in [0.5, 0.6) is 11.5 Å². The number of nitro benzene ring substituents is 1. The Balaban J connectivity index is 1.78. The first-order valence-electron chi connectivity index (χ1n) is 9.89. The van der Waals surface area contributed by atoms with Crippen LogP contribution < -0.4 is 19.6 Å². The summed E-state index contributed by atoms with van der Waals surface area (Å²) < 4.78 is 12.8. The standard InChI is InChI=1S/C22H17N3O7S/c1-22-17(20(28)31-2)18(13-5-3-4-6-15(13)32-22)24-19(27)16(33-21(24)23-22)10-11-9-12(25(29)30)7-8-14(11)26/h3-10,17-18,26H,1-2H3/b16-10-/t17-,18+,22+/m0/s1. The molecule has 3 aromatic rings. The van der Waals surface area contributed by atoms with Crippen molar-refractivity contribution in [1.82, 2.24) is 4.57 Å². The maximum atomic E-state index is 13.5. The van der Waals surface area contributed by atoms with Gasteiger partial charge < -0.3 is 14.6 Å². The SMILES string of the molecule is COC(=O)[C@@H]1[C@H]2c3ccccc3O[C@@]1(C)N=c1s/c(=C\c3cc([N+](=O)[O-])ccc3O)c(=O)n12. The van der Waals surface area contributed by atoms with Crippen LogP contribution in [0.15, 0.2) is 52.3 Å². The van der Waals surface area contributed by atoms with Crippen molar-refractivity contribution in [3.8, 4) is 11.5 Å². The van der Waals surface area contributed by atoms with Crippen molar-refractivity contribution >= 4 is 29.1 Å². The minimum absolute atomic E-state index is 0.121. The third-order valence-corrected chi connectivity index (χ3v) is 6.83. The number of carbonyl (C=O) groups excluding carboxylic acids is 1. The highest BCUT2D eigenvalue weighted by Crippen LogP contribution is 2.47. The lowest BCUT2D eigenvalue weighted by Gasteiger charge is -2.44. The molecule has 1 aromatic heterocycles. The van der Waals surface area contributed by atoms with E-state index < -0.39 is 34.1 Å². The van der Waals surface area contributed by atoms with Crippen LogP contribution in [0.2, 0.25) is 0 Å². The van der Waals surface area contributed by atoms with Crippen molar-refractivity contribution in [3.63, 3.8) is 0 Å². The molecule has 0 saturated carbocycles. The molecule has 3 atom stereocenters. The molecular formula is C22H17N3O7S. The van der Waals surface area contributed by atoms with Crippen LogP contribution in [-0.2, 0) is 9.53 Å². The Morgan fingerprint density at radius 3 is 2.85 bits per heavy atom. The van der Waals surface area contributed by atoms with Crippen LogP contribution in [0.25, 0.3) is 6.08 Å². The number of nitro groups is 1. The molecule has 168 valence electrons. The number of fused-ring (bicyclic) bond motifs is 6. The summed E-state index contributed by atoms with van der Waals surface area (Å²) in [6.45, 7) is 1.67. The molecule has 11 heteroatoms. The molecular weight excluding hydrogens is 450 g/mol. The van der Waals surface area contributed by atoms with Crippen LogP contribution in [0.3, 0.4) is 0 Å². The van der Waals surface area contributed by atoms with Gasteiger partial charge in [-0.25, -0.2) is 4.99 Å². The second-order valence-corrected chi connectivity index (χ2v) is 8.83. The zero-order valence-electron chi connectivity index (χ0n) is 17.4. The minimum atomic E-state index is -1.30. The highest BCUT2D eigenvalue weighted by atomic mass is 32.1. The molecule has 0 fully saturated rings. The molecule has 0 aliphatic carbocycles. The number of carbonyl (C=O) groups is 1. The summed E-state index contributed by atoms with van der Waals surface area (Å²) in [6, 6.07) is 9.95. The topological polar surface area (TPSA) is 133 Å². The lowest BCUT2D eigenvalue weighted by Crippen LogP contribution is -2.58. The molecule has 3 heterocycles. The third-order valence-electron chi connectivity index (χ3n) is 5.84. The predicted molar refractivity (Wildman–Crippen MR) is 117 cm³/mol. The second-order valence-electron chi connectivity index (χ2n) is 7.82. The number of para-hydroxylation sites is 1. The van der Waals surface area contributed by atoms with Gasteiger partial charge in [-0.2, -0.15) is 0 Å². The maximum Gasteiger partial charge on any atom is 0.317 e. The molecule has 0 radical (unpaired) electrons. The minimum Gasteiger partial charge on any atom is -0.507 e. The van der Waals surface area contributed by atoms with Gasteiger partial charge in [-0.1, -0.05) is 29.5 Å². The highest BCUT2D eigenvalue weighted by molar-refractivity contribution is 7.07. The van der Waals surface area contributed by atoms with Crippen molar-refractivity contribution in [2.45, 2.75) is 18.7 Å². The largest absolute Gasteiger partial charge is 0.507 e. The van der Waals surface area contributed by atoms with E-state index in [-0.39, 0.29) is 21.5 Å². The molecule has 33 heavy (non-hydrogen) atoms. The summed E-state index contributed by atoms with van der Waals surface area (Å²) in [6.07, 6.45) is 1.38. The van der Waals surface area contributed by atoms with Crippen molar-refractivity contribution < 1.29 is 24.3 Å². The summed E-state index contributed by atoms with van der Waals surface area (Å²) in [4.78, 5) is 41.7. The zero-order chi connectivity index (χ0) is 23.5. The number of hydrogen-bond acceptors (Lipinski definition) is 9. The molecule has 0 unspecified atom stereocenters. The number of non-ortho nitro benzene ring substituents is 1. The summed E-state index contributed by atoms with van der Waals surface area (Å²) in [5, 5.41) is 21.3. The Morgan fingerprint density at radius 1 is 1.36 bits per heavy atom. The van der Waals surface area contributed by atoms with E-state index in [1.807, 2.05) is 0 Å². The third kappa shape index (κ3) is 3.11. The molecule has 10 nitrogen and oxygen atoms in total. The van der Waals surface area contributed by atoms with Crippen molar-refractivity contribution in [2.24, 2.45) is 10.9 Å². The number of phenols is 1. The number of thiazole rings is 1. The lowest BCUT2D eigenvalue weighted by atomic mass is 9.81. The molecule has 0 amide bonds. The Kier molecular flexibility index (Phi) is 4.60. The molecule has 1 N–H and O–H groups in total. The first kappa shape index (κ1) is 20.9. The van der Waals surface area contributed by atoms with Crippen LogP contribution in [0.1, 0.15) is 24.1 Å². The van der Waals surface area contributed by atoms with Crippen LogP contribution in [0.4, 0.5) is 5.69 Å². The average molecular weight is 467 g/mol. The van der Waals surface area contributed by atoms with Gasteiger partial charge in [0.15, 0.2) is 4.80 Å². The number of methoxy groups -OCH3 is 1. The Labute approximate surface area is 189 Å². The quantitative estimate of drug-likeness (QED) is 0.350. The van der Waals surface area contributed by atoms with Crippen molar-refractivity contribution in [2.75, 3.05) is 7.11 Å².